The van der Waals surface area contributed by atoms with Gasteiger partial charge in [0, 0.05) is 12.1 Å². The lowest BCUT2D eigenvalue weighted by Crippen LogP contribution is -2.26. The molecule has 0 saturated carbocycles. The fraction of sp³-hybridized carbons (Fsp3) is 0.462. The van der Waals surface area contributed by atoms with Crippen molar-refractivity contribution in [3.8, 4) is 0 Å². The lowest BCUT2D eigenvalue weighted by atomic mass is 10.1. The van der Waals surface area contributed by atoms with Crippen molar-refractivity contribution in [2.75, 3.05) is 6.54 Å². The van der Waals surface area contributed by atoms with Crippen LogP contribution >= 0.6 is 23.2 Å². The van der Waals surface area contributed by atoms with Crippen LogP contribution in [0.15, 0.2) is 22.9 Å². The monoisotopic (exact) mass is 301 g/mol. The van der Waals surface area contributed by atoms with Crippen LogP contribution < -0.4 is 5.32 Å². The summed E-state index contributed by atoms with van der Waals surface area (Å²) in [5.74, 6) is 0. The van der Waals surface area contributed by atoms with Crippen molar-refractivity contribution in [3.63, 3.8) is 0 Å². The van der Waals surface area contributed by atoms with Crippen LogP contribution in [-0.4, -0.2) is 16.3 Å². The fourth-order valence-corrected chi connectivity index (χ4v) is 2.54. The summed E-state index contributed by atoms with van der Waals surface area (Å²) in [6.45, 7) is 5.75. The Balaban J connectivity index is 2.42. The van der Waals surface area contributed by atoms with E-state index in [0.717, 1.165) is 30.8 Å². The summed E-state index contributed by atoms with van der Waals surface area (Å²) < 4.78 is 7.06. The van der Waals surface area contributed by atoms with Gasteiger partial charge in [-0.1, -0.05) is 18.5 Å². The SMILES string of the molecule is CCCNC(c1ccoc1Cl)c1c(Cl)cnn1CC. The standard InChI is InChI=1S/C13H17Cl2N3O/c1-3-6-16-11(9-5-7-19-13(9)15)12-10(14)8-17-18(12)4-2/h5,7-8,11,16H,3-4,6H2,1-2H3. The maximum absolute atomic E-state index is 6.27. The highest BCUT2D eigenvalue weighted by Gasteiger charge is 2.24. The number of aryl methyl sites for hydroxylation is 1. The summed E-state index contributed by atoms with van der Waals surface area (Å²) >= 11 is 12.4. The largest absolute Gasteiger partial charge is 0.453 e. The maximum Gasteiger partial charge on any atom is 0.198 e. The van der Waals surface area contributed by atoms with Crippen molar-refractivity contribution in [2.45, 2.75) is 32.9 Å². The third kappa shape index (κ3) is 2.96. The Morgan fingerprint density at radius 3 is 2.79 bits per heavy atom. The highest BCUT2D eigenvalue weighted by molar-refractivity contribution is 6.31. The van der Waals surface area contributed by atoms with Gasteiger partial charge < -0.3 is 9.73 Å². The zero-order valence-electron chi connectivity index (χ0n) is 11.0. The number of nitrogens with one attached hydrogen (secondary N) is 1. The summed E-state index contributed by atoms with van der Waals surface area (Å²) in [6.07, 6.45) is 4.26. The molecule has 2 rings (SSSR count). The molecule has 1 atom stereocenters. The van der Waals surface area contributed by atoms with E-state index in [9.17, 15) is 0 Å². The highest BCUT2D eigenvalue weighted by Crippen LogP contribution is 2.33. The fourth-order valence-electron chi connectivity index (χ4n) is 2.06. The van der Waals surface area contributed by atoms with Crippen molar-refractivity contribution in [3.05, 3.63) is 40.0 Å². The van der Waals surface area contributed by atoms with Crippen molar-refractivity contribution in [1.29, 1.82) is 0 Å². The van der Waals surface area contributed by atoms with Gasteiger partial charge in [0.1, 0.15) is 0 Å². The number of hydrogen-bond acceptors (Lipinski definition) is 3. The first-order valence-corrected chi connectivity index (χ1v) is 7.12. The molecular formula is C13H17Cl2N3O. The Morgan fingerprint density at radius 1 is 1.42 bits per heavy atom. The summed E-state index contributed by atoms with van der Waals surface area (Å²) in [5, 5.41) is 8.73. The second-order valence-electron chi connectivity index (χ2n) is 4.23. The molecule has 2 heterocycles. The maximum atomic E-state index is 6.27. The average Bonchev–Trinajstić information content (AvgIpc) is 2.98. The molecule has 0 aliphatic carbocycles. The molecule has 19 heavy (non-hydrogen) atoms. The van der Waals surface area contributed by atoms with E-state index >= 15 is 0 Å². The summed E-state index contributed by atoms with van der Waals surface area (Å²) in [7, 11) is 0. The number of nitrogens with zero attached hydrogens (tertiary/aromatic N) is 2. The molecule has 0 aromatic carbocycles. The molecule has 0 saturated heterocycles. The van der Waals surface area contributed by atoms with Crippen molar-refractivity contribution < 1.29 is 4.42 Å². The predicted molar refractivity (Wildman–Crippen MR) is 76.8 cm³/mol. The van der Waals surface area contributed by atoms with Crippen LogP contribution in [0.25, 0.3) is 0 Å². The minimum Gasteiger partial charge on any atom is -0.453 e. The first-order valence-electron chi connectivity index (χ1n) is 6.36. The van der Waals surface area contributed by atoms with Gasteiger partial charge in [0.25, 0.3) is 0 Å². The van der Waals surface area contributed by atoms with Crippen LogP contribution in [0.3, 0.4) is 0 Å². The smallest absolute Gasteiger partial charge is 0.198 e. The predicted octanol–water partition coefficient (Wildman–Crippen LogP) is 3.89. The number of halogens is 2. The van der Waals surface area contributed by atoms with Gasteiger partial charge >= 0.3 is 0 Å². The zero-order valence-corrected chi connectivity index (χ0v) is 12.5. The molecule has 1 unspecified atom stereocenters. The molecule has 0 bridgehead atoms. The molecule has 0 amide bonds. The van der Waals surface area contributed by atoms with E-state index in [-0.39, 0.29) is 6.04 Å². The zero-order chi connectivity index (χ0) is 13.8. The number of furan rings is 1. The van der Waals surface area contributed by atoms with Crippen LogP contribution in [0.1, 0.15) is 37.6 Å². The van der Waals surface area contributed by atoms with Crippen molar-refractivity contribution in [2.24, 2.45) is 0 Å². The van der Waals surface area contributed by atoms with E-state index in [0.29, 0.717) is 10.2 Å². The van der Waals surface area contributed by atoms with E-state index in [2.05, 4.69) is 17.3 Å². The molecular weight excluding hydrogens is 285 g/mol. The number of aromatic nitrogens is 2. The molecule has 0 aliphatic rings. The van der Waals surface area contributed by atoms with E-state index in [1.54, 1.807) is 12.5 Å². The first-order chi connectivity index (χ1) is 9.19. The summed E-state index contributed by atoms with van der Waals surface area (Å²) in [4.78, 5) is 0. The molecule has 4 nitrogen and oxygen atoms in total. The number of hydrogen-bond donors (Lipinski definition) is 1. The van der Waals surface area contributed by atoms with E-state index < -0.39 is 0 Å². The highest BCUT2D eigenvalue weighted by atomic mass is 35.5. The number of rotatable bonds is 6. The second kappa shape index (κ2) is 6.46. The normalized spacial score (nSPS) is 12.8. The molecule has 1 N–H and O–H groups in total. The van der Waals surface area contributed by atoms with Crippen LogP contribution in [-0.2, 0) is 6.54 Å². The van der Waals surface area contributed by atoms with Gasteiger partial charge in [-0.25, -0.2) is 0 Å². The Morgan fingerprint density at radius 2 is 2.21 bits per heavy atom. The van der Waals surface area contributed by atoms with Gasteiger partial charge in [0.2, 0.25) is 0 Å². The van der Waals surface area contributed by atoms with Crippen molar-refractivity contribution in [1.82, 2.24) is 15.1 Å². The molecule has 2 aromatic rings. The molecule has 0 fully saturated rings. The molecule has 6 heteroatoms. The Bertz CT molecular complexity index is 536. The van der Waals surface area contributed by atoms with E-state index in [1.165, 1.54) is 0 Å². The summed E-state index contributed by atoms with van der Waals surface area (Å²) in [5.41, 5.74) is 1.80. The quantitative estimate of drug-likeness (QED) is 0.880. The lowest BCUT2D eigenvalue weighted by molar-refractivity contribution is 0.518. The Labute approximate surface area is 122 Å². The van der Waals surface area contributed by atoms with Crippen LogP contribution in [0, 0.1) is 0 Å². The van der Waals surface area contributed by atoms with Gasteiger partial charge in [-0.05, 0) is 37.6 Å². The van der Waals surface area contributed by atoms with Gasteiger partial charge in [0.05, 0.1) is 29.2 Å². The van der Waals surface area contributed by atoms with Crippen LogP contribution in [0.5, 0.6) is 0 Å². The Kier molecular flexibility index (Phi) is 4.91. The van der Waals surface area contributed by atoms with Gasteiger partial charge in [-0.2, -0.15) is 5.10 Å². The van der Waals surface area contributed by atoms with Crippen LogP contribution in [0.2, 0.25) is 10.2 Å². The van der Waals surface area contributed by atoms with Crippen molar-refractivity contribution >= 4 is 23.2 Å². The lowest BCUT2D eigenvalue weighted by Gasteiger charge is -2.19. The average molecular weight is 302 g/mol. The van der Waals surface area contributed by atoms with E-state index in [4.69, 9.17) is 27.6 Å². The topological polar surface area (TPSA) is 43.0 Å². The minimum absolute atomic E-state index is 0.110. The second-order valence-corrected chi connectivity index (χ2v) is 4.98. The molecule has 104 valence electrons. The molecule has 0 aliphatic heterocycles. The summed E-state index contributed by atoms with van der Waals surface area (Å²) in [6, 6.07) is 1.75. The molecule has 0 spiro atoms. The molecule has 0 radical (unpaired) electrons. The first kappa shape index (κ1) is 14.4. The van der Waals surface area contributed by atoms with Gasteiger partial charge in [-0.15, -0.1) is 0 Å². The third-order valence-corrected chi connectivity index (χ3v) is 3.56. The van der Waals surface area contributed by atoms with Gasteiger partial charge in [0.15, 0.2) is 5.22 Å². The van der Waals surface area contributed by atoms with E-state index in [1.807, 2.05) is 17.7 Å². The van der Waals surface area contributed by atoms with Crippen LogP contribution in [0.4, 0.5) is 0 Å². The third-order valence-electron chi connectivity index (χ3n) is 2.96. The van der Waals surface area contributed by atoms with Gasteiger partial charge in [-0.3, -0.25) is 4.68 Å². The Hall–Kier alpha value is -0.970. The minimum atomic E-state index is -0.110. The molecule has 2 aromatic heterocycles.